The van der Waals surface area contributed by atoms with Gasteiger partial charge >= 0.3 is 0 Å². The molecule has 3 atom stereocenters. The Morgan fingerprint density at radius 2 is 2.10 bits per heavy atom. The van der Waals surface area contributed by atoms with Crippen molar-refractivity contribution in [3.8, 4) is 0 Å². The van der Waals surface area contributed by atoms with Crippen LogP contribution in [0.2, 0.25) is 0 Å². The van der Waals surface area contributed by atoms with Gasteiger partial charge in [-0.3, -0.25) is 0 Å². The maximum atomic E-state index is 10.2. The van der Waals surface area contributed by atoms with E-state index in [-0.39, 0.29) is 18.4 Å². The number of nitrogens with two attached hydrogens (primary N) is 2. The van der Waals surface area contributed by atoms with Crippen LogP contribution in [-0.2, 0) is 4.74 Å². The SMILES string of the molecule is Nc1nc(N)c2ccn([C@@H]3O[C@H](CO)C(O)C3(Br)Br)c2n1. The topological polar surface area (TPSA) is 132 Å². The molecule has 0 saturated carbocycles. The monoisotopic (exact) mass is 421 g/mol. The number of ether oxygens (including phenoxy) is 1. The van der Waals surface area contributed by atoms with Gasteiger partial charge in [0.2, 0.25) is 5.95 Å². The Bertz CT molecular complexity index is 692. The summed E-state index contributed by atoms with van der Waals surface area (Å²) in [6.45, 7) is -0.310. The molecule has 1 saturated heterocycles. The van der Waals surface area contributed by atoms with Crippen LogP contribution in [0.3, 0.4) is 0 Å². The fraction of sp³-hybridized carbons (Fsp3) is 0.455. The Labute approximate surface area is 136 Å². The lowest BCUT2D eigenvalue weighted by molar-refractivity contribution is -0.0430. The van der Waals surface area contributed by atoms with Crippen molar-refractivity contribution >= 4 is 54.7 Å². The van der Waals surface area contributed by atoms with Crippen LogP contribution in [0.25, 0.3) is 11.0 Å². The number of aliphatic hydroxyl groups is 2. The van der Waals surface area contributed by atoms with Gasteiger partial charge in [0, 0.05) is 6.20 Å². The highest BCUT2D eigenvalue weighted by Gasteiger charge is 2.54. The van der Waals surface area contributed by atoms with Gasteiger partial charge in [0.15, 0.2) is 9.46 Å². The highest BCUT2D eigenvalue weighted by molar-refractivity contribution is 9.25. The maximum Gasteiger partial charge on any atom is 0.223 e. The fourth-order valence-electron chi connectivity index (χ4n) is 2.38. The Balaban J connectivity index is 2.13. The third-order valence-corrected chi connectivity index (χ3v) is 5.15. The van der Waals surface area contributed by atoms with Crippen molar-refractivity contribution in [2.45, 2.75) is 21.7 Å². The fourth-order valence-corrected chi connectivity index (χ4v) is 3.63. The van der Waals surface area contributed by atoms with Crippen molar-refractivity contribution in [2.75, 3.05) is 18.1 Å². The van der Waals surface area contributed by atoms with Crippen LogP contribution < -0.4 is 11.5 Å². The van der Waals surface area contributed by atoms with Crippen LogP contribution in [0.4, 0.5) is 11.8 Å². The molecule has 3 heterocycles. The molecule has 0 radical (unpaired) electrons. The summed E-state index contributed by atoms with van der Waals surface area (Å²) >= 11 is 6.81. The van der Waals surface area contributed by atoms with Crippen molar-refractivity contribution in [1.29, 1.82) is 0 Å². The molecule has 6 N–H and O–H groups in total. The van der Waals surface area contributed by atoms with Crippen LogP contribution in [0, 0.1) is 0 Å². The summed E-state index contributed by atoms with van der Waals surface area (Å²) < 4.78 is 6.39. The molecule has 0 aliphatic carbocycles. The van der Waals surface area contributed by atoms with E-state index in [0.29, 0.717) is 11.0 Å². The first-order valence-electron chi connectivity index (χ1n) is 6.08. The second-order valence-electron chi connectivity index (χ2n) is 4.76. The summed E-state index contributed by atoms with van der Waals surface area (Å²) in [6.07, 6.45) is -0.635. The predicted octanol–water partition coefficient (Wildman–Crippen LogP) is 0.332. The largest absolute Gasteiger partial charge is 0.394 e. The van der Waals surface area contributed by atoms with E-state index in [1.54, 1.807) is 16.8 Å². The van der Waals surface area contributed by atoms with Gasteiger partial charge in [0.25, 0.3) is 0 Å². The van der Waals surface area contributed by atoms with Gasteiger partial charge in [-0.15, -0.1) is 0 Å². The number of hydrogen-bond acceptors (Lipinski definition) is 7. The minimum Gasteiger partial charge on any atom is -0.394 e. The molecule has 0 aromatic carbocycles. The minimum absolute atomic E-state index is 0.0481. The molecular formula is C11H13Br2N5O3. The first-order valence-corrected chi connectivity index (χ1v) is 7.66. The number of rotatable bonds is 2. The van der Waals surface area contributed by atoms with Gasteiger partial charge in [0.1, 0.15) is 23.7 Å². The lowest BCUT2D eigenvalue weighted by Gasteiger charge is -2.25. The van der Waals surface area contributed by atoms with Crippen LogP contribution in [0.15, 0.2) is 12.3 Å². The summed E-state index contributed by atoms with van der Waals surface area (Å²) in [4.78, 5) is 8.07. The van der Waals surface area contributed by atoms with Crippen LogP contribution in [0.1, 0.15) is 6.23 Å². The first-order chi connectivity index (χ1) is 9.86. The van der Waals surface area contributed by atoms with Crippen molar-refractivity contribution in [3.63, 3.8) is 0 Å². The zero-order chi connectivity index (χ0) is 15.4. The molecule has 1 aliphatic rings. The highest BCUT2D eigenvalue weighted by atomic mass is 79.9. The van der Waals surface area contributed by atoms with Crippen LogP contribution in [-0.4, -0.2) is 46.8 Å². The first kappa shape index (κ1) is 15.0. The number of aliphatic hydroxyl groups excluding tert-OH is 2. The van der Waals surface area contributed by atoms with Crippen LogP contribution in [0.5, 0.6) is 0 Å². The van der Waals surface area contributed by atoms with Gasteiger partial charge in [-0.1, -0.05) is 31.9 Å². The normalized spacial score (nSPS) is 28.3. The van der Waals surface area contributed by atoms with E-state index in [0.717, 1.165) is 0 Å². The van der Waals surface area contributed by atoms with Gasteiger partial charge in [-0.05, 0) is 6.07 Å². The molecule has 114 valence electrons. The minimum atomic E-state index is -0.978. The third-order valence-electron chi connectivity index (χ3n) is 3.43. The average molecular weight is 423 g/mol. The Hall–Kier alpha value is -0.940. The molecule has 0 bridgehead atoms. The number of nitrogen functional groups attached to an aromatic ring is 2. The van der Waals surface area contributed by atoms with E-state index in [4.69, 9.17) is 16.2 Å². The molecule has 1 aliphatic heterocycles. The van der Waals surface area contributed by atoms with Crippen molar-refractivity contribution in [3.05, 3.63) is 12.3 Å². The maximum absolute atomic E-state index is 10.2. The molecule has 21 heavy (non-hydrogen) atoms. The average Bonchev–Trinajstić information content (AvgIpc) is 2.91. The molecule has 0 spiro atoms. The van der Waals surface area contributed by atoms with Gasteiger partial charge in [0.05, 0.1) is 12.0 Å². The predicted molar refractivity (Wildman–Crippen MR) is 83.9 cm³/mol. The Kier molecular flexibility index (Phi) is 3.61. The van der Waals surface area contributed by atoms with Gasteiger partial charge in [-0.25, -0.2) is 0 Å². The van der Waals surface area contributed by atoms with Gasteiger partial charge < -0.3 is 31.0 Å². The number of anilines is 2. The number of alkyl halides is 2. The molecule has 1 fully saturated rings. The zero-order valence-corrected chi connectivity index (χ0v) is 13.8. The Morgan fingerprint density at radius 3 is 2.71 bits per heavy atom. The number of nitrogens with zero attached hydrogens (tertiary/aromatic N) is 3. The summed E-state index contributed by atoms with van der Waals surface area (Å²) in [7, 11) is 0. The van der Waals surface area contributed by atoms with E-state index < -0.39 is 21.7 Å². The number of aromatic nitrogens is 3. The highest BCUT2D eigenvalue weighted by Crippen LogP contribution is 2.50. The number of halogens is 2. The van der Waals surface area contributed by atoms with E-state index >= 15 is 0 Å². The lowest BCUT2D eigenvalue weighted by atomic mass is 10.2. The molecular weight excluding hydrogens is 410 g/mol. The summed E-state index contributed by atoms with van der Waals surface area (Å²) in [6, 6.07) is 1.74. The molecule has 2 aromatic heterocycles. The van der Waals surface area contributed by atoms with E-state index in [1.165, 1.54) is 0 Å². The molecule has 0 amide bonds. The second kappa shape index (κ2) is 5.06. The Morgan fingerprint density at radius 1 is 1.38 bits per heavy atom. The number of hydrogen-bond donors (Lipinski definition) is 4. The zero-order valence-electron chi connectivity index (χ0n) is 10.6. The molecule has 2 aromatic rings. The van der Waals surface area contributed by atoms with E-state index in [2.05, 4.69) is 41.8 Å². The molecule has 3 rings (SSSR count). The standard InChI is InChI=1S/C11H13Br2N5O3/c12-11(13)6(20)5(3-19)21-9(11)18-2-1-4-7(14)16-10(15)17-8(4)18/h1-2,5-6,9,19-20H,3H2,(H4,14,15,16,17)/t5-,6?,9-/m1/s1. The summed E-state index contributed by atoms with van der Waals surface area (Å²) in [5.74, 6) is 0.315. The van der Waals surface area contributed by atoms with Crippen molar-refractivity contribution in [2.24, 2.45) is 0 Å². The number of fused-ring (bicyclic) bond motifs is 1. The lowest BCUT2D eigenvalue weighted by Crippen LogP contribution is -2.36. The summed E-state index contributed by atoms with van der Waals surface area (Å²) in [5, 5.41) is 20.1. The van der Waals surface area contributed by atoms with Crippen molar-refractivity contribution < 1.29 is 14.9 Å². The van der Waals surface area contributed by atoms with E-state index in [9.17, 15) is 10.2 Å². The third kappa shape index (κ3) is 2.21. The van der Waals surface area contributed by atoms with Crippen LogP contribution >= 0.6 is 31.9 Å². The molecule has 10 heteroatoms. The van der Waals surface area contributed by atoms with Gasteiger partial charge in [-0.2, -0.15) is 9.97 Å². The smallest absolute Gasteiger partial charge is 0.223 e. The second-order valence-corrected chi connectivity index (χ2v) is 8.44. The summed E-state index contributed by atoms with van der Waals surface area (Å²) in [5.41, 5.74) is 11.9. The molecule has 1 unspecified atom stereocenters. The molecule has 8 nitrogen and oxygen atoms in total. The quantitative estimate of drug-likeness (QED) is 0.512. The van der Waals surface area contributed by atoms with Crippen molar-refractivity contribution in [1.82, 2.24) is 14.5 Å². The van der Waals surface area contributed by atoms with E-state index in [1.807, 2.05) is 0 Å².